The van der Waals surface area contributed by atoms with Gasteiger partial charge in [0, 0.05) is 15.1 Å². The molecular formula is C14H13Br2FN2. The van der Waals surface area contributed by atoms with E-state index in [0.29, 0.717) is 6.42 Å². The smallest absolute Gasteiger partial charge is 0.123 e. The lowest BCUT2D eigenvalue weighted by Crippen LogP contribution is -2.20. The zero-order valence-corrected chi connectivity index (χ0v) is 13.5. The highest BCUT2D eigenvalue weighted by Gasteiger charge is 2.16. The highest BCUT2D eigenvalue weighted by atomic mass is 79.9. The molecule has 0 aliphatic carbocycles. The SMILES string of the molecule is CNC(Cc1cc(F)ccc1Br)c1ncccc1Br. The van der Waals surface area contributed by atoms with Gasteiger partial charge in [-0.1, -0.05) is 15.9 Å². The average molecular weight is 388 g/mol. The van der Waals surface area contributed by atoms with Gasteiger partial charge in [-0.15, -0.1) is 0 Å². The molecular weight excluding hydrogens is 375 g/mol. The summed E-state index contributed by atoms with van der Waals surface area (Å²) in [7, 11) is 1.87. The van der Waals surface area contributed by atoms with Crippen LogP contribution >= 0.6 is 31.9 Å². The van der Waals surface area contributed by atoms with E-state index in [2.05, 4.69) is 42.2 Å². The average Bonchev–Trinajstić information content (AvgIpc) is 2.41. The number of nitrogens with zero attached hydrogens (tertiary/aromatic N) is 1. The van der Waals surface area contributed by atoms with Gasteiger partial charge in [0.15, 0.2) is 0 Å². The van der Waals surface area contributed by atoms with Gasteiger partial charge in [-0.3, -0.25) is 4.98 Å². The summed E-state index contributed by atoms with van der Waals surface area (Å²) < 4.78 is 15.2. The molecule has 2 rings (SSSR count). The van der Waals surface area contributed by atoms with E-state index in [1.54, 1.807) is 18.3 Å². The van der Waals surface area contributed by atoms with Crippen LogP contribution in [0.1, 0.15) is 17.3 Å². The fraction of sp³-hybridized carbons (Fsp3) is 0.214. The van der Waals surface area contributed by atoms with Gasteiger partial charge < -0.3 is 5.32 Å². The van der Waals surface area contributed by atoms with Crippen LogP contribution in [0.15, 0.2) is 45.5 Å². The van der Waals surface area contributed by atoms with Gasteiger partial charge in [-0.25, -0.2) is 4.39 Å². The van der Waals surface area contributed by atoms with Crippen molar-refractivity contribution in [2.75, 3.05) is 7.05 Å². The van der Waals surface area contributed by atoms with Crippen molar-refractivity contribution in [2.24, 2.45) is 0 Å². The number of pyridine rings is 1. The lowest BCUT2D eigenvalue weighted by Gasteiger charge is -2.18. The summed E-state index contributed by atoms with van der Waals surface area (Å²) >= 11 is 6.95. The number of rotatable bonds is 4. The highest BCUT2D eigenvalue weighted by Crippen LogP contribution is 2.27. The molecule has 19 heavy (non-hydrogen) atoms. The van der Waals surface area contributed by atoms with Crippen molar-refractivity contribution in [2.45, 2.75) is 12.5 Å². The van der Waals surface area contributed by atoms with E-state index < -0.39 is 0 Å². The predicted octanol–water partition coefficient (Wildman–Crippen LogP) is 4.25. The molecule has 0 saturated carbocycles. The maximum atomic E-state index is 13.3. The van der Waals surface area contributed by atoms with E-state index >= 15 is 0 Å². The van der Waals surface area contributed by atoms with Crippen LogP contribution in [0.5, 0.6) is 0 Å². The molecule has 0 spiro atoms. The van der Waals surface area contributed by atoms with E-state index in [-0.39, 0.29) is 11.9 Å². The minimum atomic E-state index is -0.229. The first kappa shape index (κ1) is 14.6. The standard InChI is InChI=1S/C14H13Br2FN2/c1-18-13(14-12(16)3-2-6-19-14)8-9-7-10(17)4-5-11(9)15/h2-7,13,18H,8H2,1H3. The summed E-state index contributed by atoms with van der Waals surface area (Å²) in [5.41, 5.74) is 1.83. The molecule has 2 aromatic rings. The Morgan fingerprint density at radius 3 is 2.74 bits per heavy atom. The zero-order chi connectivity index (χ0) is 13.8. The van der Waals surface area contributed by atoms with Crippen LogP contribution in [-0.4, -0.2) is 12.0 Å². The minimum Gasteiger partial charge on any atom is -0.311 e. The summed E-state index contributed by atoms with van der Waals surface area (Å²) in [4.78, 5) is 4.38. The quantitative estimate of drug-likeness (QED) is 0.848. The number of hydrogen-bond acceptors (Lipinski definition) is 2. The molecule has 0 aliphatic rings. The molecule has 2 nitrogen and oxygen atoms in total. The summed E-state index contributed by atoms with van der Waals surface area (Å²) in [6, 6.07) is 8.56. The van der Waals surface area contributed by atoms with Crippen LogP contribution in [0.4, 0.5) is 4.39 Å². The lowest BCUT2D eigenvalue weighted by atomic mass is 10.0. The lowest BCUT2D eigenvalue weighted by molar-refractivity contribution is 0.567. The monoisotopic (exact) mass is 386 g/mol. The maximum Gasteiger partial charge on any atom is 0.123 e. The minimum absolute atomic E-state index is 0.0219. The molecule has 0 fully saturated rings. The summed E-state index contributed by atoms with van der Waals surface area (Å²) in [6.07, 6.45) is 2.41. The number of hydrogen-bond donors (Lipinski definition) is 1. The third kappa shape index (κ3) is 3.61. The molecule has 1 atom stereocenters. The zero-order valence-electron chi connectivity index (χ0n) is 10.3. The second-order valence-electron chi connectivity index (χ2n) is 4.15. The second-order valence-corrected chi connectivity index (χ2v) is 5.86. The Morgan fingerprint density at radius 1 is 1.26 bits per heavy atom. The molecule has 1 heterocycles. The van der Waals surface area contributed by atoms with Crippen molar-refractivity contribution in [3.05, 3.63) is 62.5 Å². The van der Waals surface area contributed by atoms with Crippen LogP contribution in [-0.2, 0) is 6.42 Å². The third-order valence-corrected chi connectivity index (χ3v) is 4.34. The molecule has 0 saturated heterocycles. The maximum absolute atomic E-state index is 13.3. The van der Waals surface area contributed by atoms with E-state index in [9.17, 15) is 4.39 Å². The Bertz CT molecular complexity index is 575. The van der Waals surface area contributed by atoms with Crippen molar-refractivity contribution in [1.82, 2.24) is 10.3 Å². The number of nitrogens with one attached hydrogen (secondary N) is 1. The van der Waals surface area contributed by atoms with Gasteiger partial charge in [0.05, 0.1) is 11.7 Å². The summed E-state index contributed by atoms with van der Waals surface area (Å²) in [6.45, 7) is 0. The van der Waals surface area contributed by atoms with Crippen molar-refractivity contribution >= 4 is 31.9 Å². The largest absolute Gasteiger partial charge is 0.311 e. The van der Waals surface area contributed by atoms with Crippen LogP contribution in [0.3, 0.4) is 0 Å². The Kier molecular flexibility index (Phi) is 5.07. The Hall–Kier alpha value is -0.780. The van der Waals surface area contributed by atoms with Gasteiger partial charge in [0.1, 0.15) is 5.82 Å². The Balaban J connectivity index is 2.29. The fourth-order valence-electron chi connectivity index (χ4n) is 1.91. The molecule has 1 N–H and O–H groups in total. The number of aromatic nitrogens is 1. The molecule has 5 heteroatoms. The molecule has 100 valence electrons. The van der Waals surface area contributed by atoms with Crippen LogP contribution in [0, 0.1) is 5.82 Å². The molecule has 0 aliphatic heterocycles. The number of halogens is 3. The third-order valence-electron chi connectivity index (χ3n) is 2.90. The van der Waals surface area contributed by atoms with Gasteiger partial charge in [0.25, 0.3) is 0 Å². The topological polar surface area (TPSA) is 24.9 Å². The molecule has 0 bridgehead atoms. The summed E-state index contributed by atoms with van der Waals surface area (Å²) in [5.74, 6) is -0.229. The van der Waals surface area contributed by atoms with Crippen molar-refractivity contribution < 1.29 is 4.39 Å². The molecule has 1 unspecified atom stereocenters. The molecule has 0 amide bonds. The second kappa shape index (κ2) is 6.59. The van der Waals surface area contributed by atoms with Crippen molar-refractivity contribution in [3.8, 4) is 0 Å². The van der Waals surface area contributed by atoms with Gasteiger partial charge in [-0.05, 0) is 65.3 Å². The first-order valence-corrected chi connectivity index (χ1v) is 7.42. The van der Waals surface area contributed by atoms with Gasteiger partial charge in [0.2, 0.25) is 0 Å². The number of benzene rings is 1. The Morgan fingerprint density at radius 2 is 2.05 bits per heavy atom. The highest BCUT2D eigenvalue weighted by molar-refractivity contribution is 9.10. The molecule has 1 aromatic heterocycles. The van der Waals surface area contributed by atoms with Crippen LogP contribution in [0.2, 0.25) is 0 Å². The summed E-state index contributed by atoms with van der Waals surface area (Å²) in [5, 5.41) is 3.22. The van der Waals surface area contributed by atoms with E-state index in [1.165, 1.54) is 6.07 Å². The van der Waals surface area contributed by atoms with Crippen molar-refractivity contribution in [1.29, 1.82) is 0 Å². The number of likely N-dealkylation sites (N-methyl/N-ethyl adjacent to an activating group) is 1. The van der Waals surface area contributed by atoms with Crippen molar-refractivity contribution in [3.63, 3.8) is 0 Å². The van der Waals surface area contributed by atoms with Crippen LogP contribution < -0.4 is 5.32 Å². The van der Waals surface area contributed by atoms with E-state index in [0.717, 1.165) is 20.2 Å². The first-order valence-electron chi connectivity index (χ1n) is 5.83. The first-order chi connectivity index (χ1) is 9.11. The fourth-order valence-corrected chi connectivity index (χ4v) is 2.85. The normalized spacial score (nSPS) is 12.4. The molecule has 1 aromatic carbocycles. The predicted molar refractivity (Wildman–Crippen MR) is 81.5 cm³/mol. The van der Waals surface area contributed by atoms with Gasteiger partial charge >= 0.3 is 0 Å². The Labute approximate surface area is 128 Å². The van der Waals surface area contributed by atoms with Gasteiger partial charge in [-0.2, -0.15) is 0 Å². The van der Waals surface area contributed by atoms with E-state index in [1.807, 2.05) is 19.2 Å². The van der Waals surface area contributed by atoms with Crippen LogP contribution in [0.25, 0.3) is 0 Å². The van der Waals surface area contributed by atoms with E-state index in [4.69, 9.17) is 0 Å². The molecule has 0 radical (unpaired) electrons.